The van der Waals surface area contributed by atoms with E-state index in [1.807, 2.05) is 24.3 Å². The van der Waals surface area contributed by atoms with Gasteiger partial charge in [0.15, 0.2) is 0 Å². The molecule has 2 N–H and O–H groups in total. The highest BCUT2D eigenvalue weighted by Crippen LogP contribution is 2.35. The highest BCUT2D eigenvalue weighted by Gasteiger charge is 2.19. The SMILES string of the molecule is CC(C)(C)c1ccc(C(N)c2ccccc2Cl)s1. The van der Waals surface area contributed by atoms with Crippen LogP contribution >= 0.6 is 22.9 Å². The Labute approximate surface area is 118 Å². The zero-order valence-corrected chi connectivity index (χ0v) is 12.5. The van der Waals surface area contributed by atoms with Gasteiger partial charge in [-0.3, -0.25) is 0 Å². The summed E-state index contributed by atoms with van der Waals surface area (Å²) in [4.78, 5) is 2.51. The Hall–Kier alpha value is -0.830. The zero-order chi connectivity index (χ0) is 13.3. The molecule has 3 heteroatoms. The number of hydrogen-bond donors (Lipinski definition) is 1. The Balaban J connectivity index is 2.33. The maximum atomic E-state index is 6.30. The monoisotopic (exact) mass is 279 g/mol. The van der Waals surface area contributed by atoms with E-state index in [-0.39, 0.29) is 11.5 Å². The first-order valence-electron chi connectivity index (χ1n) is 6.00. The van der Waals surface area contributed by atoms with Gasteiger partial charge in [-0.05, 0) is 29.2 Å². The number of halogens is 1. The summed E-state index contributed by atoms with van der Waals surface area (Å²) in [5, 5.41) is 0.732. The minimum atomic E-state index is -0.139. The second kappa shape index (κ2) is 5.04. The van der Waals surface area contributed by atoms with Crippen molar-refractivity contribution in [2.24, 2.45) is 5.73 Å². The zero-order valence-electron chi connectivity index (χ0n) is 10.9. The van der Waals surface area contributed by atoms with Gasteiger partial charge in [-0.15, -0.1) is 11.3 Å². The molecule has 1 atom stereocenters. The van der Waals surface area contributed by atoms with Gasteiger partial charge in [0, 0.05) is 14.8 Å². The molecule has 0 amide bonds. The molecule has 1 nitrogen and oxygen atoms in total. The van der Waals surface area contributed by atoms with Gasteiger partial charge in [0.1, 0.15) is 0 Å². The van der Waals surface area contributed by atoms with Gasteiger partial charge in [0.05, 0.1) is 6.04 Å². The quantitative estimate of drug-likeness (QED) is 0.844. The van der Waals surface area contributed by atoms with Crippen molar-refractivity contribution in [3.05, 3.63) is 56.7 Å². The highest BCUT2D eigenvalue weighted by molar-refractivity contribution is 7.12. The third-order valence-electron chi connectivity index (χ3n) is 2.91. The molecule has 0 saturated heterocycles. The summed E-state index contributed by atoms with van der Waals surface area (Å²) in [7, 11) is 0. The number of thiophene rings is 1. The van der Waals surface area contributed by atoms with Crippen LogP contribution < -0.4 is 5.73 Å². The maximum absolute atomic E-state index is 6.30. The van der Waals surface area contributed by atoms with Crippen LogP contribution in [0.4, 0.5) is 0 Å². The molecule has 1 aromatic carbocycles. The van der Waals surface area contributed by atoms with Crippen LogP contribution in [-0.2, 0) is 5.41 Å². The van der Waals surface area contributed by atoms with Crippen LogP contribution in [0.2, 0.25) is 5.02 Å². The molecule has 18 heavy (non-hydrogen) atoms. The molecule has 0 radical (unpaired) electrons. The van der Waals surface area contributed by atoms with Crippen LogP contribution in [0, 0.1) is 0 Å². The van der Waals surface area contributed by atoms with E-state index in [4.69, 9.17) is 17.3 Å². The molecule has 0 saturated carbocycles. The lowest BCUT2D eigenvalue weighted by molar-refractivity contribution is 0.604. The fraction of sp³-hybridized carbons (Fsp3) is 0.333. The molecule has 0 bridgehead atoms. The minimum Gasteiger partial charge on any atom is -0.320 e. The van der Waals surface area contributed by atoms with Crippen LogP contribution in [0.5, 0.6) is 0 Å². The average molecular weight is 280 g/mol. The molecule has 0 aliphatic rings. The summed E-state index contributed by atoms with van der Waals surface area (Å²) in [6.07, 6.45) is 0. The third kappa shape index (κ3) is 2.77. The first-order chi connectivity index (χ1) is 8.39. The van der Waals surface area contributed by atoms with E-state index < -0.39 is 0 Å². The topological polar surface area (TPSA) is 26.0 Å². The normalized spacial score (nSPS) is 13.6. The van der Waals surface area contributed by atoms with Crippen molar-refractivity contribution in [3.63, 3.8) is 0 Å². The molecule has 0 fully saturated rings. The number of benzene rings is 1. The summed E-state index contributed by atoms with van der Waals surface area (Å²) in [5.74, 6) is 0. The molecule has 0 aliphatic carbocycles. The standard InChI is InChI=1S/C15H18ClNS/c1-15(2,3)13-9-8-12(18-13)14(17)10-6-4-5-7-11(10)16/h4-9,14H,17H2,1-3H3. The smallest absolute Gasteiger partial charge is 0.0660 e. The molecule has 1 aromatic heterocycles. The second-order valence-corrected chi connectivity index (χ2v) is 6.97. The van der Waals surface area contributed by atoms with Crippen LogP contribution in [-0.4, -0.2) is 0 Å². The van der Waals surface area contributed by atoms with E-state index in [9.17, 15) is 0 Å². The molecule has 0 spiro atoms. The third-order valence-corrected chi connectivity index (χ3v) is 4.85. The summed E-state index contributed by atoms with van der Waals surface area (Å²) < 4.78 is 0. The molecule has 96 valence electrons. The highest BCUT2D eigenvalue weighted by atomic mass is 35.5. The van der Waals surface area contributed by atoms with Gasteiger partial charge in [0.25, 0.3) is 0 Å². The molecular weight excluding hydrogens is 262 g/mol. The summed E-state index contributed by atoms with van der Waals surface area (Å²) >= 11 is 7.96. The molecule has 1 unspecified atom stereocenters. The first-order valence-corrected chi connectivity index (χ1v) is 7.19. The van der Waals surface area contributed by atoms with Gasteiger partial charge in [-0.1, -0.05) is 50.6 Å². The van der Waals surface area contributed by atoms with Crippen molar-refractivity contribution >= 4 is 22.9 Å². The van der Waals surface area contributed by atoms with E-state index in [2.05, 4.69) is 32.9 Å². The van der Waals surface area contributed by atoms with E-state index in [0.717, 1.165) is 15.5 Å². The van der Waals surface area contributed by atoms with Crippen LogP contribution in [0.3, 0.4) is 0 Å². The van der Waals surface area contributed by atoms with Crippen molar-refractivity contribution in [2.45, 2.75) is 32.2 Å². The van der Waals surface area contributed by atoms with Crippen LogP contribution in [0.25, 0.3) is 0 Å². The Morgan fingerprint density at radius 2 is 1.78 bits per heavy atom. The number of rotatable bonds is 2. The minimum absolute atomic E-state index is 0.139. The van der Waals surface area contributed by atoms with Crippen molar-refractivity contribution in [2.75, 3.05) is 0 Å². The van der Waals surface area contributed by atoms with E-state index in [0.29, 0.717) is 0 Å². The summed E-state index contributed by atoms with van der Waals surface area (Å²) in [6.45, 7) is 6.64. The van der Waals surface area contributed by atoms with Crippen molar-refractivity contribution in [1.29, 1.82) is 0 Å². The molecule has 1 heterocycles. The van der Waals surface area contributed by atoms with Crippen LogP contribution in [0.15, 0.2) is 36.4 Å². The largest absolute Gasteiger partial charge is 0.320 e. The van der Waals surface area contributed by atoms with Crippen LogP contribution in [0.1, 0.15) is 42.1 Å². The predicted molar refractivity (Wildman–Crippen MR) is 80.5 cm³/mol. The van der Waals surface area contributed by atoms with Gasteiger partial charge in [-0.2, -0.15) is 0 Å². The van der Waals surface area contributed by atoms with Gasteiger partial charge in [0.2, 0.25) is 0 Å². The van der Waals surface area contributed by atoms with E-state index >= 15 is 0 Å². The Bertz CT molecular complexity index is 539. The van der Waals surface area contributed by atoms with Crippen molar-refractivity contribution in [1.82, 2.24) is 0 Å². The summed E-state index contributed by atoms with van der Waals surface area (Å²) in [5.41, 5.74) is 7.46. The van der Waals surface area contributed by atoms with Gasteiger partial charge < -0.3 is 5.73 Å². The molecule has 2 rings (SSSR count). The Morgan fingerprint density at radius 1 is 1.11 bits per heavy atom. The second-order valence-electron chi connectivity index (χ2n) is 5.45. The van der Waals surface area contributed by atoms with Gasteiger partial charge in [-0.25, -0.2) is 0 Å². The average Bonchev–Trinajstić information content (AvgIpc) is 2.77. The lowest BCUT2D eigenvalue weighted by Crippen LogP contribution is -2.11. The predicted octanol–water partition coefficient (Wildman–Crippen LogP) is 4.75. The molecule has 2 aromatic rings. The number of hydrogen-bond acceptors (Lipinski definition) is 2. The summed E-state index contributed by atoms with van der Waals surface area (Å²) in [6, 6.07) is 11.9. The van der Waals surface area contributed by atoms with Crippen molar-refractivity contribution < 1.29 is 0 Å². The fourth-order valence-electron chi connectivity index (χ4n) is 1.80. The lowest BCUT2D eigenvalue weighted by Gasteiger charge is -2.16. The lowest BCUT2D eigenvalue weighted by atomic mass is 9.95. The van der Waals surface area contributed by atoms with Gasteiger partial charge >= 0.3 is 0 Å². The molecular formula is C15H18ClNS. The molecule has 0 aliphatic heterocycles. The first kappa shape index (κ1) is 13.6. The Kier molecular flexibility index (Phi) is 3.81. The number of nitrogens with two attached hydrogens (primary N) is 1. The Morgan fingerprint density at radius 3 is 2.33 bits per heavy atom. The maximum Gasteiger partial charge on any atom is 0.0660 e. The fourth-order valence-corrected chi connectivity index (χ4v) is 3.14. The van der Waals surface area contributed by atoms with E-state index in [1.54, 1.807) is 11.3 Å². The van der Waals surface area contributed by atoms with Crippen molar-refractivity contribution in [3.8, 4) is 0 Å². The van der Waals surface area contributed by atoms with E-state index in [1.165, 1.54) is 4.88 Å².